The van der Waals surface area contributed by atoms with Crippen LogP contribution in [-0.4, -0.2) is 45.2 Å². The van der Waals surface area contributed by atoms with E-state index in [1.54, 1.807) is 0 Å². The van der Waals surface area contributed by atoms with Crippen molar-refractivity contribution >= 4 is 11.6 Å². The van der Waals surface area contributed by atoms with Crippen molar-refractivity contribution in [1.29, 1.82) is 0 Å². The smallest absolute Gasteiger partial charge is 0.227 e. The first-order chi connectivity index (χ1) is 14.5. The predicted molar refractivity (Wildman–Crippen MR) is 118 cm³/mol. The van der Waals surface area contributed by atoms with Crippen molar-refractivity contribution in [2.24, 2.45) is 0 Å². The van der Waals surface area contributed by atoms with E-state index in [2.05, 4.69) is 12.1 Å². The molecule has 160 valence electrons. The van der Waals surface area contributed by atoms with Crippen molar-refractivity contribution in [3.05, 3.63) is 52.8 Å². The zero-order chi connectivity index (χ0) is 21.7. The van der Waals surface area contributed by atoms with Gasteiger partial charge in [0, 0.05) is 35.6 Å². The topological polar surface area (TPSA) is 50.5 Å². The number of alkyl halides is 1. The molecule has 2 heterocycles. The van der Waals surface area contributed by atoms with E-state index in [0.717, 1.165) is 46.7 Å². The first-order valence-corrected chi connectivity index (χ1v) is 10.8. The molecule has 0 aliphatic carbocycles. The molecule has 5 nitrogen and oxygen atoms in total. The van der Waals surface area contributed by atoms with Crippen LogP contribution in [0.25, 0.3) is 16.9 Å². The molecule has 0 atom stereocenters. The van der Waals surface area contributed by atoms with Gasteiger partial charge in [-0.2, -0.15) is 5.10 Å². The number of rotatable bonds is 9. The zero-order valence-corrected chi connectivity index (χ0v) is 18.4. The van der Waals surface area contributed by atoms with Gasteiger partial charge in [-0.3, -0.25) is 9.18 Å². The average molecular weight is 411 g/mol. The minimum absolute atomic E-state index is 0.0833. The van der Waals surface area contributed by atoms with E-state index in [9.17, 15) is 9.18 Å². The standard InChI is InChI=1S/C24H31FN4O/c1-5-28(6-2)22(30)16-21-23(27-29-18(4)15-17(3)26-24(21)29)20-12-10-19(11-13-20)9-7-8-14-25/h10-13,15H,5-9,14,16H2,1-4H3. The molecule has 0 unspecified atom stereocenters. The van der Waals surface area contributed by atoms with Gasteiger partial charge in [0.2, 0.25) is 5.91 Å². The van der Waals surface area contributed by atoms with Gasteiger partial charge in [-0.25, -0.2) is 9.50 Å². The Bertz CT molecular complexity index is 1010. The monoisotopic (exact) mass is 410 g/mol. The number of unbranched alkanes of at least 4 members (excludes halogenated alkanes) is 1. The highest BCUT2D eigenvalue weighted by Gasteiger charge is 2.21. The molecule has 0 bridgehead atoms. The third-order valence-electron chi connectivity index (χ3n) is 5.51. The first kappa shape index (κ1) is 21.9. The van der Waals surface area contributed by atoms with Gasteiger partial charge >= 0.3 is 0 Å². The second kappa shape index (κ2) is 9.83. The Balaban J connectivity index is 2.03. The van der Waals surface area contributed by atoms with Crippen LogP contribution in [0.5, 0.6) is 0 Å². The van der Waals surface area contributed by atoms with Crippen LogP contribution < -0.4 is 0 Å². The highest BCUT2D eigenvalue weighted by Crippen LogP contribution is 2.28. The lowest BCUT2D eigenvalue weighted by molar-refractivity contribution is -0.130. The fourth-order valence-electron chi connectivity index (χ4n) is 3.85. The minimum atomic E-state index is -0.269. The second-order valence-corrected chi connectivity index (χ2v) is 7.69. The van der Waals surface area contributed by atoms with Gasteiger partial charge in [-0.1, -0.05) is 24.3 Å². The van der Waals surface area contributed by atoms with Crippen LogP contribution in [0.4, 0.5) is 4.39 Å². The number of benzene rings is 1. The Morgan fingerprint density at radius 1 is 1.10 bits per heavy atom. The number of halogens is 1. The van der Waals surface area contributed by atoms with Crippen LogP contribution in [0.15, 0.2) is 30.3 Å². The molecule has 0 radical (unpaired) electrons. The van der Waals surface area contributed by atoms with Crippen molar-refractivity contribution in [2.45, 2.75) is 53.4 Å². The lowest BCUT2D eigenvalue weighted by Gasteiger charge is -2.18. The quantitative estimate of drug-likeness (QED) is 0.480. The van der Waals surface area contributed by atoms with E-state index in [4.69, 9.17) is 10.1 Å². The maximum Gasteiger partial charge on any atom is 0.227 e. The van der Waals surface area contributed by atoms with Crippen LogP contribution in [0.2, 0.25) is 0 Å². The number of amides is 1. The summed E-state index contributed by atoms with van der Waals surface area (Å²) in [6, 6.07) is 10.2. The summed E-state index contributed by atoms with van der Waals surface area (Å²) >= 11 is 0. The molecule has 3 aromatic rings. The number of nitrogens with zero attached hydrogens (tertiary/aromatic N) is 4. The van der Waals surface area contributed by atoms with Crippen molar-refractivity contribution in [3.63, 3.8) is 0 Å². The molecule has 6 heteroatoms. The summed E-state index contributed by atoms with van der Waals surface area (Å²) in [4.78, 5) is 19.4. The molecule has 0 aliphatic heterocycles. The highest BCUT2D eigenvalue weighted by molar-refractivity contribution is 5.84. The van der Waals surface area contributed by atoms with Gasteiger partial charge in [0.05, 0.1) is 18.8 Å². The lowest BCUT2D eigenvalue weighted by Crippen LogP contribution is -2.31. The van der Waals surface area contributed by atoms with Gasteiger partial charge in [0.15, 0.2) is 5.65 Å². The molecule has 3 rings (SSSR count). The molecule has 1 amide bonds. The summed E-state index contributed by atoms with van der Waals surface area (Å²) in [5.74, 6) is 0.0833. The predicted octanol–water partition coefficient (Wildman–Crippen LogP) is 4.72. The van der Waals surface area contributed by atoms with Crippen molar-refractivity contribution in [2.75, 3.05) is 19.8 Å². The van der Waals surface area contributed by atoms with Crippen molar-refractivity contribution in [1.82, 2.24) is 19.5 Å². The third-order valence-corrected chi connectivity index (χ3v) is 5.51. The van der Waals surface area contributed by atoms with E-state index >= 15 is 0 Å². The van der Waals surface area contributed by atoms with Gasteiger partial charge in [0.25, 0.3) is 0 Å². The summed E-state index contributed by atoms with van der Waals surface area (Å²) < 4.78 is 14.2. The van der Waals surface area contributed by atoms with E-state index in [0.29, 0.717) is 19.5 Å². The third kappa shape index (κ3) is 4.69. The van der Waals surface area contributed by atoms with E-state index in [1.807, 2.05) is 55.3 Å². The number of aromatic nitrogens is 3. The van der Waals surface area contributed by atoms with Crippen LogP contribution in [0.3, 0.4) is 0 Å². The molecule has 0 N–H and O–H groups in total. The Hall–Kier alpha value is -2.76. The van der Waals surface area contributed by atoms with Crippen molar-refractivity contribution < 1.29 is 9.18 Å². The molecular weight excluding hydrogens is 379 g/mol. The molecule has 1 aromatic carbocycles. The van der Waals surface area contributed by atoms with Gasteiger partial charge in [0.1, 0.15) is 0 Å². The number of fused-ring (bicyclic) bond motifs is 1. The Morgan fingerprint density at radius 2 is 1.80 bits per heavy atom. The average Bonchev–Trinajstić information content (AvgIpc) is 3.08. The van der Waals surface area contributed by atoms with E-state index in [1.165, 1.54) is 5.56 Å². The van der Waals surface area contributed by atoms with Crippen LogP contribution in [0.1, 0.15) is 49.2 Å². The molecule has 30 heavy (non-hydrogen) atoms. The van der Waals surface area contributed by atoms with Crippen LogP contribution >= 0.6 is 0 Å². The molecule has 0 aliphatic rings. The summed E-state index contributed by atoms with van der Waals surface area (Å²) in [6.45, 7) is 9.05. The largest absolute Gasteiger partial charge is 0.343 e. The Labute approximate surface area is 177 Å². The maximum absolute atomic E-state index is 12.9. The highest BCUT2D eigenvalue weighted by atomic mass is 19.1. The normalized spacial score (nSPS) is 11.2. The Kier molecular flexibility index (Phi) is 7.19. The second-order valence-electron chi connectivity index (χ2n) is 7.69. The van der Waals surface area contributed by atoms with Gasteiger partial charge < -0.3 is 4.90 Å². The number of likely N-dealkylation sites (N-methyl/N-ethyl adjacent to an activating group) is 1. The minimum Gasteiger partial charge on any atom is -0.343 e. The summed E-state index contributed by atoms with van der Waals surface area (Å²) in [7, 11) is 0. The SMILES string of the molecule is CCN(CC)C(=O)Cc1c(-c2ccc(CCCCF)cc2)nn2c(C)cc(C)nc12. The molecule has 0 spiro atoms. The fraction of sp³-hybridized carbons (Fsp3) is 0.458. The molecule has 0 saturated heterocycles. The van der Waals surface area contributed by atoms with Crippen LogP contribution in [-0.2, 0) is 17.6 Å². The fourth-order valence-corrected chi connectivity index (χ4v) is 3.85. The van der Waals surface area contributed by atoms with Gasteiger partial charge in [-0.05, 0) is 58.6 Å². The number of carbonyl (C=O) groups is 1. The summed E-state index contributed by atoms with van der Waals surface area (Å²) in [5.41, 5.74) is 6.45. The van der Waals surface area contributed by atoms with E-state index < -0.39 is 0 Å². The number of aryl methyl sites for hydroxylation is 3. The molecule has 0 saturated carbocycles. The van der Waals surface area contributed by atoms with Gasteiger partial charge in [-0.15, -0.1) is 0 Å². The lowest BCUT2D eigenvalue weighted by atomic mass is 10.0. The van der Waals surface area contributed by atoms with E-state index in [-0.39, 0.29) is 19.0 Å². The summed E-state index contributed by atoms with van der Waals surface area (Å²) in [6.07, 6.45) is 2.57. The zero-order valence-electron chi connectivity index (χ0n) is 18.4. The van der Waals surface area contributed by atoms with Crippen molar-refractivity contribution in [3.8, 4) is 11.3 Å². The molecule has 2 aromatic heterocycles. The number of hydrogen-bond donors (Lipinski definition) is 0. The number of carbonyl (C=O) groups excluding carboxylic acids is 1. The summed E-state index contributed by atoms with van der Waals surface area (Å²) in [5, 5.41) is 4.83. The molecule has 0 fully saturated rings. The first-order valence-electron chi connectivity index (χ1n) is 10.8. The number of hydrogen-bond acceptors (Lipinski definition) is 3. The maximum atomic E-state index is 12.9. The Morgan fingerprint density at radius 3 is 2.43 bits per heavy atom. The van der Waals surface area contributed by atoms with Crippen LogP contribution in [0, 0.1) is 13.8 Å². The molecular formula is C24H31FN4O.